The van der Waals surface area contributed by atoms with Crippen LogP contribution in [0.15, 0.2) is 46.0 Å². The molecule has 4 rings (SSSR count). The zero-order valence-electron chi connectivity index (χ0n) is 17.1. The Morgan fingerprint density at radius 3 is 2.79 bits per heavy atom. The zero-order chi connectivity index (χ0) is 20.5. The van der Waals surface area contributed by atoms with E-state index >= 15 is 0 Å². The number of halogens is 1. The summed E-state index contributed by atoms with van der Waals surface area (Å²) in [6, 6.07) is 10.8. The zero-order valence-corrected chi connectivity index (χ0v) is 19.5. The molecule has 1 fully saturated rings. The molecule has 1 saturated heterocycles. The minimum absolute atomic E-state index is 0.0403. The second-order valence-electron chi connectivity index (χ2n) is 7.54. The number of aromatic nitrogens is 1. The standard InChI is InChI=1S/C22H26BrN3O2S/c1-5-15-12-29-22-25-19(17-8-6-7-9-24-17)20(26(15)22)14-10-16(23)21(28-13(2)3)18(11-14)27-4/h6-11,13,15,19-20H,5,12H2,1-4H3/t15-,19+,20+/m1/s1. The Hall–Kier alpha value is -1.73. The molecule has 2 aliphatic heterocycles. The van der Waals surface area contributed by atoms with Crippen molar-refractivity contribution in [2.24, 2.45) is 4.99 Å². The number of rotatable bonds is 6. The van der Waals surface area contributed by atoms with Gasteiger partial charge >= 0.3 is 0 Å². The number of fused-ring (bicyclic) bond motifs is 1. The molecule has 154 valence electrons. The first kappa shape index (κ1) is 20.5. The average Bonchev–Trinajstić information content (AvgIpc) is 3.28. The fourth-order valence-electron chi connectivity index (χ4n) is 3.97. The van der Waals surface area contributed by atoms with Crippen molar-refractivity contribution in [1.82, 2.24) is 9.88 Å². The molecule has 0 amide bonds. The number of hydrogen-bond donors (Lipinski definition) is 0. The van der Waals surface area contributed by atoms with Gasteiger partial charge in [-0.1, -0.05) is 24.8 Å². The van der Waals surface area contributed by atoms with Crippen LogP contribution in [0.4, 0.5) is 0 Å². The van der Waals surface area contributed by atoms with Crippen molar-refractivity contribution >= 4 is 32.9 Å². The third-order valence-electron chi connectivity index (χ3n) is 5.28. The topological polar surface area (TPSA) is 47.0 Å². The minimum Gasteiger partial charge on any atom is -0.493 e. The highest BCUT2D eigenvalue weighted by Gasteiger charge is 2.45. The van der Waals surface area contributed by atoms with E-state index in [4.69, 9.17) is 14.5 Å². The molecule has 0 aliphatic carbocycles. The fourth-order valence-corrected chi connectivity index (χ4v) is 5.86. The van der Waals surface area contributed by atoms with E-state index < -0.39 is 0 Å². The molecule has 2 aromatic rings. The van der Waals surface area contributed by atoms with Crippen molar-refractivity contribution in [2.75, 3.05) is 12.9 Å². The average molecular weight is 476 g/mol. The predicted molar refractivity (Wildman–Crippen MR) is 122 cm³/mol. The number of thioether (sulfide) groups is 1. The van der Waals surface area contributed by atoms with Crippen LogP contribution in [-0.4, -0.2) is 40.1 Å². The molecular formula is C22H26BrN3O2S. The molecule has 2 aliphatic rings. The Balaban J connectivity index is 1.80. The van der Waals surface area contributed by atoms with E-state index in [0.29, 0.717) is 6.04 Å². The van der Waals surface area contributed by atoms with E-state index in [0.717, 1.165) is 44.6 Å². The number of benzene rings is 1. The van der Waals surface area contributed by atoms with Gasteiger partial charge in [0.05, 0.1) is 29.4 Å². The number of pyridine rings is 1. The molecular weight excluding hydrogens is 450 g/mol. The first-order valence-electron chi connectivity index (χ1n) is 9.97. The number of aliphatic imine (C=N–C) groups is 1. The van der Waals surface area contributed by atoms with Crippen LogP contribution >= 0.6 is 27.7 Å². The third kappa shape index (κ3) is 3.87. The van der Waals surface area contributed by atoms with Crippen LogP contribution in [0.3, 0.4) is 0 Å². The quantitative estimate of drug-likeness (QED) is 0.542. The van der Waals surface area contributed by atoms with Gasteiger partial charge < -0.3 is 14.4 Å². The second kappa shape index (κ2) is 8.56. The monoisotopic (exact) mass is 475 g/mol. The minimum atomic E-state index is -0.0403. The smallest absolute Gasteiger partial charge is 0.175 e. The SMILES string of the molecule is CC[C@@H]1CSC2=N[C@@H](c3ccccn3)[C@H](c3cc(Br)c(OC(C)C)c(OC)c3)N21. The third-order valence-corrected chi connectivity index (χ3v) is 6.99. The highest BCUT2D eigenvalue weighted by Crippen LogP contribution is 2.50. The highest BCUT2D eigenvalue weighted by molar-refractivity contribution is 9.10. The molecule has 1 aromatic carbocycles. The maximum absolute atomic E-state index is 5.99. The molecule has 0 N–H and O–H groups in total. The maximum atomic E-state index is 5.99. The lowest BCUT2D eigenvalue weighted by molar-refractivity contribution is 0.226. The van der Waals surface area contributed by atoms with Gasteiger partial charge in [-0.15, -0.1) is 0 Å². The lowest BCUT2D eigenvalue weighted by Gasteiger charge is -2.32. The summed E-state index contributed by atoms with van der Waals surface area (Å²) in [7, 11) is 1.69. The Morgan fingerprint density at radius 1 is 1.31 bits per heavy atom. The molecule has 3 heterocycles. The van der Waals surface area contributed by atoms with Crippen LogP contribution in [-0.2, 0) is 0 Å². The summed E-state index contributed by atoms with van der Waals surface area (Å²) in [6.07, 6.45) is 2.99. The van der Waals surface area contributed by atoms with Crippen molar-refractivity contribution in [2.45, 2.75) is 51.4 Å². The molecule has 5 nitrogen and oxygen atoms in total. The van der Waals surface area contributed by atoms with Gasteiger partial charge in [0, 0.05) is 18.0 Å². The summed E-state index contributed by atoms with van der Waals surface area (Å²) in [5.74, 6) is 2.55. The summed E-state index contributed by atoms with van der Waals surface area (Å²) in [4.78, 5) is 12.2. The number of methoxy groups -OCH3 is 1. The Kier molecular flexibility index (Phi) is 6.06. The van der Waals surface area contributed by atoms with Gasteiger partial charge in [-0.3, -0.25) is 9.98 Å². The lowest BCUT2D eigenvalue weighted by atomic mass is 9.95. The van der Waals surface area contributed by atoms with Crippen LogP contribution in [0.5, 0.6) is 11.5 Å². The predicted octanol–water partition coefficient (Wildman–Crippen LogP) is 5.62. The molecule has 0 unspecified atom stereocenters. The summed E-state index contributed by atoms with van der Waals surface area (Å²) in [5.41, 5.74) is 2.15. The van der Waals surface area contributed by atoms with Crippen LogP contribution in [0.1, 0.15) is 50.5 Å². The second-order valence-corrected chi connectivity index (χ2v) is 9.38. The van der Waals surface area contributed by atoms with Crippen LogP contribution < -0.4 is 9.47 Å². The summed E-state index contributed by atoms with van der Waals surface area (Å²) >= 11 is 5.56. The Bertz CT molecular complexity index is 906. The van der Waals surface area contributed by atoms with E-state index in [9.17, 15) is 0 Å². The Morgan fingerprint density at radius 2 is 2.14 bits per heavy atom. The van der Waals surface area contributed by atoms with Gasteiger partial charge in [0.1, 0.15) is 6.04 Å². The van der Waals surface area contributed by atoms with Crippen LogP contribution in [0.25, 0.3) is 0 Å². The molecule has 3 atom stereocenters. The number of nitrogens with zero attached hydrogens (tertiary/aromatic N) is 3. The molecule has 0 spiro atoms. The van der Waals surface area contributed by atoms with Gasteiger partial charge in [-0.2, -0.15) is 0 Å². The van der Waals surface area contributed by atoms with Crippen LogP contribution in [0.2, 0.25) is 0 Å². The molecule has 0 radical (unpaired) electrons. The molecule has 7 heteroatoms. The van der Waals surface area contributed by atoms with Crippen molar-refractivity contribution in [3.05, 3.63) is 52.3 Å². The van der Waals surface area contributed by atoms with E-state index in [2.05, 4.69) is 50.9 Å². The molecule has 0 bridgehead atoms. The first-order chi connectivity index (χ1) is 14.0. The summed E-state index contributed by atoms with van der Waals surface area (Å²) in [5, 5.41) is 1.12. The summed E-state index contributed by atoms with van der Waals surface area (Å²) in [6.45, 7) is 6.28. The van der Waals surface area contributed by atoms with Gasteiger partial charge in [0.2, 0.25) is 0 Å². The Labute approximate surface area is 185 Å². The fraction of sp³-hybridized carbons (Fsp3) is 0.455. The van der Waals surface area contributed by atoms with E-state index in [1.165, 1.54) is 0 Å². The highest BCUT2D eigenvalue weighted by atomic mass is 79.9. The van der Waals surface area contributed by atoms with Crippen LogP contribution in [0, 0.1) is 0 Å². The number of ether oxygens (including phenoxy) is 2. The summed E-state index contributed by atoms with van der Waals surface area (Å²) < 4.78 is 12.6. The maximum Gasteiger partial charge on any atom is 0.175 e. The van der Waals surface area contributed by atoms with Crippen molar-refractivity contribution in [3.8, 4) is 11.5 Å². The first-order valence-corrected chi connectivity index (χ1v) is 11.7. The molecule has 1 aromatic heterocycles. The number of hydrogen-bond acceptors (Lipinski definition) is 6. The van der Waals surface area contributed by atoms with Gasteiger partial charge in [0.15, 0.2) is 16.7 Å². The van der Waals surface area contributed by atoms with Gasteiger partial charge in [-0.25, -0.2) is 0 Å². The van der Waals surface area contributed by atoms with Crippen molar-refractivity contribution < 1.29 is 9.47 Å². The van der Waals surface area contributed by atoms with Gasteiger partial charge in [0.25, 0.3) is 0 Å². The van der Waals surface area contributed by atoms with E-state index in [-0.39, 0.29) is 18.2 Å². The molecule has 0 saturated carbocycles. The number of amidine groups is 1. The normalized spacial score (nSPS) is 23.3. The largest absolute Gasteiger partial charge is 0.493 e. The van der Waals surface area contributed by atoms with Gasteiger partial charge in [-0.05, 0) is 66.0 Å². The van der Waals surface area contributed by atoms with Crippen molar-refractivity contribution in [3.63, 3.8) is 0 Å². The van der Waals surface area contributed by atoms with E-state index in [1.54, 1.807) is 7.11 Å². The lowest BCUT2D eigenvalue weighted by Crippen LogP contribution is -2.35. The van der Waals surface area contributed by atoms with E-state index in [1.807, 2.05) is 43.9 Å². The van der Waals surface area contributed by atoms with Crippen molar-refractivity contribution in [1.29, 1.82) is 0 Å². The molecule has 29 heavy (non-hydrogen) atoms.